The lowest BCUT2D eigenvalue weighted by atomic mass is 10.2. The number of nitrogens with zero attached hydrogens (tertiary/aromatic N) is 1. The molecule has 0 N–H and O–H groups in total. The predicted octanol–water partition coefficient (Wildman–Crippen LogP) is 2.34. The number of halogens is 3. The minimum absolute atomic E-state index is 0.0696. The van der Waals surface area contributed by atoms with E-state index in [0.29, 0.717) is 6.07 Å². The van der Waals surface area contributed by atoms with Crippen molar-refractivity contribution in [2.45, 2.75) is 13.3 Å². The zero-order valence-corrected chi connectivity index (χ0v) is 9.17. The first-order valence-corrected chi connectivity index (χ1v) is 4.71. The third-order valence-electron chi connectivity index (χ3n) is 1.86. The van der Waals surface area contributed by atoms with Gasteiger partial charge in [-0.15, -0.1) is 0 Å². The molecule has 0 saturated carbocycles. The second-order valence-corrected chi connectivity index (χ2v) is 2.93. The lowest BCUT2D eigenvalue weighted by Gasteiger charge is -2.09. The molecule has 1 heterocycles. The van der Waals surface area contributed by atoms with Gasteiger partial charge in [-0.1, -0.05) is 0 Å². The number of methoxy groups -OCH3 is 1. The second-order valence-electron chi connectivity index (χ2n) is 2.93. The number of alkyl halides is 2. The molecule has 1 aromatic heterocycles. The Morgan fingerprint density at radius 2 is 2.18 bits per heavy atom. The molecule has 0 bridgehead atoms. The topological polar surface area (TPSA) is 48.4 Å². The highest BCUT2D eigenvalue weighted by molar-refractivity contribution is 5.91. The molecule has 0 saturated heterocycles. The summed E-state index contributed by atoms with van der Waals surface area (Å²) in [5.41, 5.74) is -1.38. The molecule has 1 rings (SSSR count). The largest absolute Gasteiger partial charge is 0.480 e. The van der Waals surface area contributed by atoms with Gasteiger partial charge in [0, 0.05) is 0 Å². The van der Waals surface area contributed by atoms with Crippen LogP contribution in [-0.2, 0) is 4.74 Å². The minimum Gasteiger partial charge on any atom is -0.480 e. The van der Waals surface area contributed by atoms with Crippen molar-refractivity contribution < 1.29 is 27.4 Å². The average Bonchev–Trinajstić information content (AvgIpc) is 2.28. The third kappa shape index (κ3) is 2.86. The Morgan fingerprint density at radius 3 is 2.65 bits per heavy atom. The average molecular weight is 249 g/mol. The molecule has 0 spiro atoms. The van der Waals surface area contributed by atoms with Crippen LogP contribution < -0.4 is 4.74 Å². The summed E-state index contributed by atoms with van der Waals surface area (Å²) in [5.74, 6) is -2.54. The Labute approximate surface area is 95.4 Å². The molecule has 7 heteroatoms. The minimum atomic E-state index is -3.08. The summed E-state index contributed by atoms with van der Waals surface area (Å²) in [7, 11) is 1.14. The molecule has 94 valence electrons. The molecule has 0 amide bonds. The first-order chi connectivity index (χ1) is 8.01. The fourth-order valence-corrected chi connectivity index (χ4v) is 1.15. The first-order valence-electron chi connectivity index (χ1n) is 4.71. The smallest absolute Gasteiger partial charge is 0.343 e. The van der Waals surface area contributed by atoms with Crippen molar-refractivity contribution in [3.8, 4) is 5.88 Å². The number of ether oxygens (including phenoxy) is 2. The van der Waals surface area contributed by atoms with Gasteiger partial charge < -0.3 is 9.47 Å². The van der Waals surface area contributed by atoms with Gasteiger partial charge in [0.2, 0.25) is 5.88 Å². The molecule has 1 aromatic rings. The number of aromatic nitrogens is 1. The van der Waals surface area contributed by atoms with Gasteiger partial charge in [0.25, 0.3) is 6.43 Å². The van der Waals surface area contributed by atoms with Crippen LogP contribution in [0.2, 0.25) is 0 Å². The normalized spacial score (nSPS) is 10.5. The maximum Gasteiger partial charge on any atom is 0.343 e. The fourth-order valence-electron chi connectivity index (χ4n) is 1.15. The van der Waals surface area contributed by atoms with Crippen LogP contribution in [-0.4, -0.2) is 24.7 Å². The van der Waals surface area contributed by atoms with Crippen molar-refractivity contribution in [2.75, 3.05) is 13.7 Å². The fraction of sp³-hybridized carbons (Fsp3) is 0.400. The Kier molecular flexibility index (Phi) is 4.30. The van der Waals surface area contributed by atoms with Crippen LogP contribution >= 0.6 is 0 Å². The summed E-state index contributed by atoms with van der Waals surface area (Å²) in [6.07, 6.45) is -3.08. The van der Waals surface area contributed by atoms with Gasteiger partial charge in [0.15, 0.2) is 5.82 Å². The van der Waals surface area contributed by atoms with Gasteiger partial charge in [-0.2, -0.15) is 0 Å². The van der Waals surface area contributed by atoms with E-state index in [9.17, 15) is 18.0 Å². The van der Waals surface area contributed by atoms with E-state index < -0.39 is 23.9 Å². The number of pyridine rings is 1. The zero-order valence-electron chi connectivity index (χ0n) is 9.17. The van der Waals surface area contributed by atoms with Crippen molar-refractivity contribution in [3.63, 3.8) is 0 Å². The summed E-state index contributed by atoms with van der Waals surface area (Å²) in [4.78, 5) is 14.6. The Balaban J connectivity index is 3.23. The van der Waals surface area contributed by atoms with Crippen LogP contribution in [0.1, 0.15) is 29.4 Å². The number of carbonyl (C=O) groups excluding carboxylic acids is 1. The molecular weight excluding hydrogens is 239 g/mol. The molecular formula is C10H10F3NO3. The summed E-state index contributed by atoms with van der Waals surface area (Å²) in [6.45, 7) is 1.63. The van der Waals surface area contributed by atoms with E-state index in [-0.39, 0.29) is 18.1 Å². The van der Waals surface area contributed by atoms with E-state index in [2.05, 4.69) is 14.5 Å². The number of esters is 1. The predicted molar refractivity (Wildman–Crippen MR) is 51.7 cm³/mol. The molecule has 0 aromatic carbocycles. The van der Waals surface area contributed by atoms with Gasteiger partial charge in [0.05, 0.1) is 13.7 Å². The van der Waals surface area contributed by atoms with E-state index in [1.807, 2.05) is 0 Å². The van der Waals surface area contributed by atoms with Gasteiger partial charge in [-0.05, 0) is 13.0 Å². The van der Waals surface area contributed by atoms with Crippen LogP contribution in [0.25, 0.3) is 0 Å². The SMILES string of the molecule is CCOC(=O)c1cc(F)c(C(F)F)nc1OC. The molecule has 0 radical (unpaired) electrons. The van der Waals surface area contributed by atoms with Crippen molar-refractivity contribution in [1.29, 1.82) is 0 Å². The molecule has 4 nitrogen and oxygen atoms in total. The lowest BCUT2D eigenvalue weighted by Crippen LogP contribution is -2.10. The zero-order chi connectivity index (χ0) is 13.0. The van der Waals surface area contributed by atoms with Crippen molar-refractivity contribution in [3.05, 3.63) is 23.1 Å². The molecule has 0 unspecified atom stereocenters. The quantitative estimate of drug-likeness (QED) is 0.768. The summed E-state index contributed by atoms with van der Waals surface area (Å²) in [5, 5.41) is 0. The van der Waals surface area contributed by atoms with Gasteiger partial charge in [0.1, 0.15) is 11.3 Å². The number of rotatable bonds is 4. The van der Waals surface area contributed by atoms with E-state index in [0.717, 1.165) is 7.11 Å². The van der Waals surface area contributed by atoms with Crippen molar-refractivity contribution in [2.24, 2.45) is 0 Å². The van der Waals surface area contributed by atoms with E-state index in [1.54, 1.807) is 6.92 Å². The monoisotopic (exact) mass is 249 g/mol. The molecule has 0 aliphatic carbocycles. The number of hydrogen-bond acceptors (Lipinski definition) is 4. The Bertz CT molecular complexity index is 424. The van der Waals surface area contributed by atoms with Crippen molar-refractivity contribution >= 4 is 5.97 Å². The second kappa shape index (κ2) is 5.51. The number of carbonyl (C=O) groups is 1. The van der Waals surface area contributed by atoms with E-state index in [1.165, 1.54) is 0 Å². The van der Waals surface area contributed by atoms with Gasteiger partial charge >= 0.3 is 5.97 Å². The van der Waals surface area contributed by atoms with Crippen molar-refractivity contribution in [1.82, 2.24) is 4.98 Å². The molecule has 0 aliphatic heterocycles. The summed E-state index contributed by atoms with van der Waals surface area (Å²) in [6, 6.07) is 0.630. The maximum absolute atomic E-state index is 13.2. The van der Waals surface area contributed by atoms with E-state index >= 15 is 0 Å². The van der Waals surface area contributed by atoms with Crippen LogP contribution in [0.4, 0.5) is 13.2 Å². The maximum atomic E-state index is 13.2. The number of hydrogen-bond donors (Lipinski definition) is 0. The van der Waals surface area contributed by atoms with Gasteiger partial charge in [-0.25, -0.2) is 22.9 Å². The lowest BCUT2D eigenvalue weighted by molar-refractivity contribution is 0.0519. The third-order valence-corrected chi connectivity index (χ3v) is 1.86. The van der Waals surface area contributed by atoms with Gasteiger partial charge in [-0.3, -0.25) is 0 Å². The first kappa shape index (κ1) is 13.3. The van der Waals surface area contributed by atoms with Crippen LogP contribution in [0, 0.1) is 5.82 Å². The highest BCUT2D eigenvalue weighted by Gasteiger charge is 2.23. The molecule has 17 heavy (non-hydrogen) atoms. The van der Waals surface area contributed by atoms with Crippen LogP contribution in [0.5, 0.6) is 5.88 Å². The standard InChI is InChI=1S/C10H10F3NO3/c1-3-17-10(15)5-4-6(11)7(8(12)13)14-9(5)16-2/h4,8H,3H2,1-2H3. The highest BCUT2D eigenvalue weighted by Crippen LogP contribution is 2.26. The summed E-state index contributed by atoms with van der Waals surface area (Å²) < 4.78 is 47.2. The molecule has 0 aliphatic rings. The summed E-state index contributed by atoms with van der Waals surface area (Å²) >= 11 is 0. The molecule has 0 fully saturated rings. The Hall–Kier alpha value is -1.79. The van der Waals surface area contributed by atoms with Crippen LogP contribution in [0.15, 0.2) is 6.07 Å². The Morgan fingerprint density at radius 1 is 1.53 bits per heavy atom. The van der Waals surface area contributed by atoms with Crippen LogP contribution in [0.3, 0.4) is 0 Å². The highest BCUT2D eigenvalue weighted by atomic mass is 19.3. The molecule has 0 atom stereocenters. The van der Waals surface area contributed by atoms with E-state index in [4.69, 9.17) is 0 Å².